The van der Waals surface area contributed by atoms with Crippen LogP contribution in [-0.2, 0) is 9.47 Å². The summed E-state index contributed by atoms with van der Waals surface area (Å²) in [7, 11) is 1.23. The Morgan fingerprint density at radius 3 is 2.62 bits per heavy atom. The quantitative estimate of drug-likeness (QED) is 0.511. The average molecular weight is 186 g/mol. The fourth-order valence-corrected chi connectivity index (χ4v) is 0.469. The first kappa shape index (κ1) is 11.8. The minimum atomic E-state index is -0.754. The number of ether oxygens (including phenoxy) is 2. The molecular formula is C9H14O4. The van der Waals surface area contributed by atoms with E-state index in [1.54, 1.807) is 13.8 Å². The summed E-state index contributed by atoms with van der Waals surface area (Å²) in [4.78, 5) is 10.4. The second-order valence-electron chi connectivity index (χ2n) is 3.09. The number of methoxy groups -OCH3 is 1. The highest BCUT2D eigenvalue weighted by Crippen LogP contribution is 2.10. The molecule has 4 nitrogen and oxygen atoms in total. The van der Waals surface area contributed by atoms with Crippen LogP contribution in [0.15, 0.2) is 0 Å². The number of rotatable bonds is 2. The Morgan fingerprint density at radius 1 is 1.54 bits per heavy atom. The number of carbonyl (C=O) groups excluding carboxylic acids is 1. The lowest BCUT2D eigenvalue weighted by atomic mass is 9.96. The van der Waals surface area contributed by atoms with Crippen molar-refractivity contribution in [2.75, 3.05) is 20.3 Å². The van der Waals surface area contributed by atoms with Gasteiger partial charge < -0.3 is 14.6 Å². The van der Waals surface area contributed by atoms with Gasteiger partial charge in [0.2, 0.25) is 0 Å². The van der Waals surface area contributed by atoms with E-state index >= 15 is 0 Å². The van der Waals surface area contributed by atoms with E-state index < -0.39 is 11.6 Å². The molecule has 1 N–H and O–H groups in total. The molecule has 0 radical (unpaired) electrons. The molecule has 0 heterocycles. The van der Waals surface area contributed by atoms with Gasteiger partial charge in [-0.15, -0.1) is 0 Å². The molecule has 0 atom stereocenters. The molecule has 0 saturated carbocycles. The third-order valence-electron chi connectivity index (χ3n) is 1.25. The molecule has 0 aromatic rings. The van der Waals surface area contributed by atoms with Crippen molar-refractivity contribution in [3.05, 3.63) is 0 Å². The zero-order chi connectivity index (χ0) is 10.3. The van der Waals surface area contributed by atoms with E-state index in [1.807, 2.05) is 0 Å². The van der Waals surface area contributed by atoms with Crippen LogP contribution in [0, 0.1) is 17.3 Å². The predicted octanol–water partition coefficient (Wildman–Crippen LogP) is 0.791. The van der Waals surface area contributed by atoms with Gasteiger partial charge in [0.1, 0.15) is 0 Å². The van der Waals surface area contributed by atoms with Gasteiger partial charge in [-0.2, -0.15) is 0 Å². The second kappa shape index (κ2) is 5.44. The molecule has 0 rings (SSSR count). The van der Waals surface area contributed by atoms with Crippen LogP contribution in [0.3, 0.4) is 0 Å². The van der Waals surface area contributed by atoms with Gasteiger partial charge in [0.15, 0.2) is 6.61 Å². The topological polar surface area (TPSA) is 55.8 Å². The normalized spacial score (nSPS) is 9.85. The summed E-state index contributed by atoms with van der Waals surface area (Å²) in [5.74, 6) is 5.36. The monoisotopic (exact) mass is 186 g/mol. The summed E-state index contributed by atoms with van der Waals surface area (Å²) in [6.45, 7) is 3.53. The van der Waals surface area contributed by atoms with Crippen LogP contribution in [0.2, 0.25) is 0 Å². The summed E-state index contributed by atoms with van der Waals surface area (Å²) in [6, 6.07) is 0. The van der Waals surface area contributed by atoms with Crippen LogP contribution in [0.25, 0.3) is 0 Å². The molecule has 0 aliphatic carbocycles. The zero-order valence-electron chi connectivity index (χ0n) is 8.09. The first-order chi connectivity index (χ1) is 6.02. The van der Waals surface area contributed by atoms with Crippen LogP contribution in [0.1, 0.15) is 13.8 Å². The lowest BCUT2D eigenvalue weighted by Crippen LogP contribution is -2.14. The molecule has 4 heteroatoms. The maximum atomic E-state index is 10.4. The number of carbonyl (C=O) groups is 1. The smallest absolute Gasteiger partial charge is 0.438 e. The third-order valence-corrected chi connectivity index (χ3v) is 1.25. The third kappa shape index (κ3) is 6.00. The second-order valence-corrected chi connectivity index (χ2v) is 3.09. The number of aliphatic hydroxyl groups is 1. The molecule has 0 fully saturated rings. The van der Waals surface area contributed by atoms with Gasteiger partial charge in [0.25, 0.3) is 0 Å². The van der Waals surface area contributed by atoms with Gasteiger partial charge in [0.05, 0.1) is 13.7 Å². The van der Waals surface area contributed by atoms with Gasteiger partial charge >= 0.3 is 6.16 Å². The van der Waals surface area contributed by atoms with Crippen molar-refractivity contribution in [1.29, 1.82) is 0 Å². The lowest BCUT2D eigenvalue weighted by molar-refractivity contribution is 0.0831. The Kier molecular flexibility index (Phi) is 4.93. The molecule has 0 aromatic carbocycles. The minimum absolute atomic E-state index is 0.0178. The number of hydrogen-bond acceptors (Lipinski definition) is 4. The lowest BCUT2D eigenvalue weighted by Gasteiger charge is -2.11. The number of hydrogen-bond donors (Lipinski definition) is 1. The van der Waals surface area contributed by atoms with Crippen molar-refractivity contribution in [3.8, 4) is 11.8 Å². The summed E-state index contributed by atoms with van der Waals surface area (Å²) < 4.78 is 8.75. The number of aliphatic hydroxyl groups excluding tert-OH is 1. The molecule has 0 aliphatic heterocycles. The van der Waals surface area contributed by atoms with E-state index in [9.17, 15) is 4.79 Å². The van der Waals surface area contributed by atoms with Crippen molar-refractivity contribution >= 4 is 6.16 Å². The van der Waals surface area contributed by atoms with Gasteiger partial charge in [-0.1, -0.05) is 11.8 Å². The summed E-state index contributed by atoms with van der Waals surface area (Å²) in [6.07, 6.45) is -0.754. The highest BCUT2D eigenvalue weighted by molar-refractivity contribution is 5.59. The van der Waals surface area contributed by atoms with Crippen molar-refractivity contribution < 1.29 is 19.4 Å². The fourth-order valence-electron chi connectivity index (χ4n) is 0.469. The van der Waals surface area contributed by atoms with E-state index in [0.29, 0.717) is 0 Å². The van der Waals surface area contributed by atoms with E-state index in [2.05, 4.69) is 21.3 Å². The average Bonchev–Trinajstić information content (AvgIpc) is 2.12. The Bertz CT molecular complexity index is 222. The molecule has 0 aliphatic rings. The molecule has 0 amide bonds. The molecule has 0 aromatic heterocycles. The van der Waals surface area contributed by atoms with Gasteiger partial charge in [-0.3, -0.25) is 0 Å². The largest absolute Gasteiger partial charge is 0.508 e. The highest BCUT2D eigenvalue weighted by atomic mass is 16.7. The van der Waals surface area contributed by atoms with Crippen LogP contribution < -0.4 is 0 Å². The predicted molar refractivity (Wildman–Crippen MR) is 47.0 cm³/mol. The summed E-state index contributed by atoms with van der Waals surface area (Å²) in [5.41, 5.74) is -0.459. The van der Waals surface area contributed by atoms with Crippen LogP contribution >= 0.6 is 0 Å². The van der Waals surface area contributed by atoms with E-state index in [1.165, 1.54) is 7.11 Å². The van der Waals surface area contributed by atoms with E-state index in [4.69, 9.17) is 5.11 Å². The summed E-state index contributed by atoms with van der Waals surface area (Å²) in [5, 5.41) is 8.81. The first-order valence-corrected chi connectivity index (χ1v) is 3.83. The van der Waals surface area contributed by atoms with Gasteiger partial charge in [-0.25, -0.2) is 4.79 Å². The van der Waals surface area contributed by atoms with Crippen LogP contribution in [-0.4, -0.2) is 31.6 Å². The SMILES string of the molecule is COC(=O)OCC#CC(C)(C)CO. The fraction of sp³-hybridized carbons (Fsp3) is 0.667. The summed E-state index contributed by atoms with van der Waals surface area (Å²) >= 11 is 0. The van der Waals surface area contributed by atoms with Crippen molar-refractivity contribution in [2.24, 2.45) is 5.41 Å². The Labute approximate surface area is 77.8 Å². The highest BCUT2D eigenvalue weighted by Gasteiger charge is 2.11. The molecular weight excluding hydrogens is 172 g/mol. The maximum absolute atomic E-state index is 10.4. The molecule has 0 unspecified atom stereocenters. The zero-order valence-corrected chi connectivity index (χ0v) is 8.09. The van der Waals surface area contributed by atoms with Crippen LogP contribution in [0.4, 0.5) is 4.79 Å². The van der Waals surface area contributed by atoms with Crippen molar-refractivity contribution in [1.82, 2.24) is 0 Å². The molecule has 13 heavy (non-hydrogen) atoms. The van der Waals surface area contributed by atoms with E-state index in [-0.39, 0.29) is 13.2 Å². The Balaban J connectivity index is 3.80. The van der Waals surface area contributed by atoms with Gasteiger partial charge in [-0.05, 0) is 13.8 Å². The van der Waals surface area contributed by atoms with Crippen LogP contribution in [0.5, 0.6) is 0 Å². The molecule has 0 bridgehead atoms. The Hall–Kier alpha value is -1.21. The van der Waals surface area contributed by atoms with Crippen molar-refractivity contribution in [3.63, 3.8) is 0 Å². The Morgan fingerprint density at radius 2 is 2.15 bits per heavy atom. The van der Waals surface area contributed by atoms with E-state index in [0.717, 1.165) is 0 Å². The molecule has 0 saturated heterocycles. The molecule has 74 valence electrons. The van der Waals surface area contributed by atoms with Gasteiger partial charge in [0, 0.05) is 5.41 Å². The van der Waals surface area contributed by atoms with Crippen molar-refractivity contribution in [2.45, 2.75) is 13.8 Å². The molecule has 0 spiro atoms. The first-order valence-electron chi connectivity index (χ1n) is 3.83. The standard InChI is InChI=1S/C9H14O4/c1-9(2,7-10)5-4-6-13-8(11)12-3/h10H,6-7H2,1-3H3. The maximum Gasteiger partial charge on any atom is 0.508 e. The minimum Gasteiger partial charge on any atom is -0.438 e.